The monoisotopic (exact) mass is 474 g/mol. The molecule has 1 aliphatic heterocycles. The number of rotatable bonds is 5. The lowest BCUT2D eigenvalue weighted by molar-refractivity contribution is -0.140. The normalized spacial score (nSPS) is 15.7. The van der Waals surface area contributed by atoms with Gasteiger partial charge in [-0.15, -0.1) is 0 Å². The van der Waals surface area contributed by atoms with Crippen LogP contribution in [0.3, 0.4) is 0 Å². The number of allylic oxidation sites excluding steroid dienone is 1. The third-order valence-electron chi connectivity index (χ3n) is 5.46. The fourth-order valence-electron chi connectivity index (χ4n) is 3.85. The summed E-state index contributed by atoms with van der Waals surface area (Å²) in [6.45, 7) is 1.79. The number of hydrogen-bond acceptors (Lipinski definition) is 6. The number of fused-ring (bicyclic) bond motifs is 1. The van der Waals surface area contributed by atoms with E-state index in [1.807, 2.05) is 30.3 Å². The number of ether oxygens (including phenoxy) is 1. The predicted octanol–water partition coefficient (Wildman–Crippen LogP) is 3.71. The highest BCUT2D eigenvalue weighted by Crippen LogP contribution is 2.31. The van der Waals surface area contributed by atoms with Gasteiger partial charge in [0.2, 0.25) is 0 Å². The molecular weight excluding hydrogens is 455 g/mol. The molecule has 0 spiro atoms. The highest BCUT2D eigenvalue weighted by Gasteiger charge is 2.33. The Labute approximate surface area is 197 Å². The van der Waals surface area contributed by atoms with E-state index in [9.17, 15) is 14.0 Å². The smallest absolute Gasteiger partial charge is 0.338 e. The van der Waals surface area contributed by atoms with Crippen molar-refractivity contribution in [2.24, 2.45) is 4.99 Å². The van der Waals surface area contributed by atoms with E-state index < -0.39 is 17.8 Å². The van der Waals surface area contributed by atoms with Crippen LogP contribution >= 0.6 is 11.3 Å². The fourth-order valence-corrected chi connectivity index (χ4v) is 4.87. The van der Waals surface area contributed by atoms with Crippen LogP contribution in [0.4, 0.5) is 4.39 Å². The van der Waals surface area contributed by atoms with E-state index in [4.69, 9.17) is 9.15 Å². The zero-order chi connectivity index (χ0) is 23.7. The minimum Gasteiger partial charge on any atom is -0.465 e. The van der Waals surface area contributed by atoms with Gasteiger partial charge in [0.15, 0.2) is 4.80 Å². The van der Waals surface area contributed by atoms with Crippen molar-refractivity contribution in [2.75, 3.05) is 0 Å². The summed E-state index contributed by atoms with van der Waals surface area (Å²) in [5.41, 5.74) is 1.77. The molecule has 1 unspecified atom stereocenters. The van der Waals surface area contributed by atoms with Crippen LogP contribution in [0.2, 0.25) is 0 Å². The Hall–Kier alpha value is -4.04. The molecule has 4 aromatic rings. The lowest BCUT2D eigenvalue weighted by Gasteiger charge is -2.24. The van der Waals surface area contributed by atoms with E-state index in [0.717, 1.165) is 5.56 Å². The van der Waals surface area contributed by atoms with Crippen molar-refractivity contribution in [1.29, 1.82) is 0 Å². The molecule has 1 aliphatic rings. The van der Waals surface area contributed by atoms with E-state index in [2.05, 4.69) is 4.99 Å². The van der Waals surface area contributed by atoms with Crippen molar-refractivity contribution in [2.45, 2.75) is 19.6 Å². The third-order valence-corrected chi connectivity index (χ3v) is 6.44. The Morgan fingerprint density at radius 2 is 1.91 bits per heavy atom. The zero-order valence-corrected chi connectivity index (χ0v) is 18.9. The van der Waals surface area contributed by atoms with E-state index >= 15 is 0 Å². The van der Waals surface area contributed by atoms with Crippen molar-refractivity contribution in [3.63, 3.8) is 0 Å². The number of carbonyl (C=O) groups excluding carboxylic acids is 1. The van der Waals surface area contributed by atoms with Gasteiger partial charge in [-0.05, 0) is 42.3 Å². The molecule has 0 N–H and O–H groups in total. The second-order valence-corrected chi connectivity index (χ2v) is 8.72. The minimum atomic E-state index is -0.807. The van der Waals surface area contributed by atoms with Gasteiger partial charge in [0.25, 0.3) is 5.56 Å². The van der Waals surface area contributed by atoms with Gasteiger partial charge in [0.1, 0.15) is 18.2 Å². The van der Waals surface area contributed by atoms with Crippen LogP contribution in [0.5, 0.6) is 0 Å². The Morgan fingerprint density at radius 3 is 2.62 bits per heavy atom. The number of thiazole rings is 1. The summed E-state index contributed by atoms with van der Waals surface area (Å²) in [7, 11) is 0. The maximum Gasteiger partial charge on any atom is 0.338 e. The number of esters is 1. The van der Waals surface area contributed by atoms with Gasteiger partial charge in [-0.1, -0.05) is 53.8 Å². The van der Waals surface area contributed by atoms with Crippen molar-refractivity contribution in [1.82, 2.24) is 4.57 Å². The number of carbonyl (C=O) groups is 1. The highest BCUT2D eigenvalue weighted by atomic mass is 32.1. The molecule has 0 saturated carbocycles. The summed E-state index contributed by atoms with van der Waals surface area (Å²) in [5, 5.41) is 0. The van der Waals surface area contributed by atoms with Gasteiger partial charge < -0.3 is 9.15 Å². The van der Waals surface area contributed by atoms with E-state index in [-0.39, 0.29) is 17.7 Å². The van der Waals surface area contributed by atoms with Crippen LogP contribution < -0.4 is 14.9 Å². The first-order chi connectivity index (χ1) is 16.5. The fraction of sp³-hybridized carbons (Fsp3) is 0.115. The zero-order valence-electron chi connectivity index (χ0n) is 18.1. The molecule has 0 aliphatic carbocycles. The Balaban J connectivity index is 1.61. The molecule has 0 amide bonds. The van der Waals surface area contributed by atoms with Crippen LogP contribution in [0.15, 0.2) is 98.5 Å². The molecule has 0 saturated heterocycles. The molecule has 1 atom stereocenters. The number of hydrogen-bond donors (Lipinski definition) is 0. The van der Waals surface area contributed by atoms with Crippen molar-refractivity contribution in [3.05, 3.63) is 127 Å². The Kier molecular flexibility index (Phi) is 5.81. The molecule has 3 heterocycles. The van der Waals surface area contributed by atoms with Crippen LogP contribution in [0.1, 0.15) is 29.9 Å². The summed E-state index contributed by atoms with van der Waals surface area (Å²) >= 11 is 1.20. The van der Waals surface area contributed by atoms with E-state index in [1.165, 1.54) is 34.3 Å². The second kappa shape index (κ2) is 9.07. The van der Waals surface area contributed by atoms with Gasteiger partial charge in [-0.25, -0.2) is 14.2 Å². The van der Waals surface area contributed by atoms with Crippen LogP contribution in [0, 0.1) is 5.82 Å². The number of nitrogens with zero attached hydrogens (tertiary/aromatic N) is 2. The summed E-state index contributed by atoms with van der Waals surface area (Å²) in [5.74, 6) is -0.468. The number of benzene rings is 2. The maximum atomic E-state index is 13.7. The van der Waals surface area contributed by atoms with Gasteiger partial charge in [0.05, 0.1) is 28.1 Å². The second-order valence-electron chi connectivity index (χ2n) is 7.71. The van der Waals surface area contributed by atoms with Crippen molar-refractivity contribution < 1.29 is 18.3 Å². The lowest BCUT2D eigenvalue weighted by Crippen LogP contribution is -2.39. The minimum absolute atomic E-state index is 0.0789. The quantitative estimate of drug-likeness (QED) is 0.414. The van der Waals surface area contributed by atoms with Crippen LogP contribution in [-0.4, -0.2) is 10.5 Å². The average molecular weight is 475 g/mol. The topological polar surface area (TPSA) is 73.8 Å². The van der Waals surface area contributed by atoms with Crippen LogP contribution in [0.25, 0.3) is 6.08 Å². The van der Waals surface area contributed by atoms with Crippen molar-refractivity contribution >= 4 is 23.4 Å². The highest BCUT2D eigenvalue weighted by molar-refractivity contribution is 7.07. The summed E-state index contributed by atoms with van der Waals surface area (Å²) in [4.78, 5) is 31.7. The van der Waals surface area contributed by atoms with Crippen molar-refractivity contribution in [3.8, 4) is 0 Å². The number of furan rings is 1. The van der Waals surface area contributed by atoms with Gasteiger partial charge in [0, 0.05) is 6.08 Å². The van der Waals surface area contributed by atoms with Crippen LogP contribution in [-0.2, 0) is 16.1 Å². The summed E-state index contributed by atoms with van der Waals surface area (Å²) in [6.07, 6.45) is 3.16. The molecule has 0 radical (unpaired) electrons. The van der Waals surface area contributed by atoms with E-state index in [1.54, 1.807) is 37.3 Å². The largest absolute Gasteiger partial charge is 0.465 e. The number of aromatic nitrogens is 1. The molecule has 2 aromatic carbocycles. The van der Waals surface area contributed by atoms with Gasteiger partial charge in [-0.2, -0.15) is 0 Å². The predicted molar refractivity (Wildman–Crippen MR) is 125 cm³/mol. The molecule has 0 fully saturated rings. The molecule has 6 nitrogen and oxygen atoms in total. The average Bonchev–Trinajstić information content (AvgIpc) is 3.46. The molecule has 34 heavy (non-hydrogen) atoms. The molecule has 0 bridgehead atoms. The van der Waals surface area contributed by atoms with E-state index in [0.29, 0.717) is 26.4 Å². The SMILES string of the molecule is CC1=C(C(=O)OCc2ccccc2)C(c2ccc(F)cc2)n2c(sc(=Cc3ccco3)c2=O)=N1. The number of halogens is 1. The first kappa shape index (κ1) is 21.8. The first-order valence-corrected chi connectivity index (χ1v) is 11.4. The molecule has 8 heteroatoms. The Bertz CT molecular complexity index is 1550. The summed E-state index contributed by atoms with van der Waals surface area (Å²) in [6, 6.07) is 17.7. The van der Waals surface area contributed by atoms with Gasteiger partial charge in [-0.3, -0.25) is 9.36 Å². The summed E-state index contributed by atoms with van der Waals surface area (Å²) < 4.78 is 26.5. The standard InChI is InChI=1S/C26H19FN2O4S/c1-16-22(25(31)33-15-17-6-3-2-4-7-17)23(18-9-11-19(27)12-10-18)29-24(30)21(34-26(29)28-16)14-20-8-5-13-32-20/h2-14,23H,15H2,1H3. The molecule has 170 valence electrons. The Morgan fingerprint density at radius 1 is 1.15 bits per heavy atom. The third kappa shape index (κ3) is 4.15. The maximum absolute atomic E-state index is 13.7. The molecule has 5 rings (SSSR count). The molecular formula is C26H19FN2O4S. The first-order valence-electron chi connectivity index (χ1n) is 10.5. The van der Waals surface area contributed by atoms with Gasteiger partial charge >= 0.3 is 5.97 Å². The lowest BCUT2D eigenvalue weighted by atomic mass is 9.96. The molecule has 2 aromatic heterocycles.